The first-order valence-corrected chi connectivity index (χ1v) is 8.45. The molecule has 2 atom stereocenters. The molecule has 1 amide bonds. The molecular formula is C16H29N3O. The van der Waals surface area contributed by atoms with E-state index in [2.05, 4.69) is 10.2 Å². The molecule has 3 aliphatic rings. The predicted octanol–water partition coefficient (Wildman–Crippen LogP) is 1.46. The summed E-state index contributed by atoms with van der Waals surface area (Å²) >= 11 is 0. The number of likely N-dealkylation sites (tertiary alicyclic amines) is 1. The first-order chi connectivity index (χ1) is 9.74. The molecule has 2 heterocycles. The van der Waals surface area contributed by atoms with E-state index in [-0.39, 0.29) is 0 Å². The summed E-state index contributed by atoms with van der Waals surface area (Å²) in [5, 5.41) is 3.61. The second kappa shape index (κ2) is 6.44. The van der Waals surface area contributed by atoms with Gasteiger partial charge in [-0.05, 0) is 38.1 Å². The van der Waals surface area contributed by atoms with E-state index in [4.69, 9.17) is 0 Å². The minimum Gasteiger partial charge on any atom is -0.342 e. The van der Waals surface area contributed by atoms with E-state index in [1.165, 1.54) is 44.9 Å². The van der Waals surface area contributed by atoms with Crippen LogP contribution >= 0.6 is 0 Å². The molecule has 0 aromatic heterocycles. The molecule has 2 aliphatic heterocycles. The quantitative estimate of drug-likeness (QED) is 0.849. The number of hydrogen-bond acceptors (Lipinski definition) is 3. The van der Waals surface area contributed by atoms with Crippen molar-refractivity contribution in [1.82, 2.24) is 15.1 Å². The molecule has 0 aromatic rings. The third-order valence-corrected chi connectivity index (χ3v) is 5.55. The minimum absolute atomic E-state index is 0.329. The van der Waals surface area contributed by atoms with E-state index in [9.17, 15) is 4.79 Å². The Morgan fingerprint density at radius 3 is 2.70 bits per heavy atom. The van der Waals surface area contributed by atoms with Gasteiger partial charge in [0.25, 0.3) is 0 Å². The van der Waals surface area contributed by atoms with Crippen LogP contribution in [0.1, 0.15) is 44.9 Å². The zero-order valence-electron chi connectivity index (χ0n) is 12.8. The molecule has 3 fully saturated rings. The monoisotopic (exact) mass is 279 g/mol. The fourth-order valence-electron chi connectivity index (χ4n) is 4.24. The molecule has 0 bridgehead atoms. The molecule has 2 saturated heterocycles. The average molecular weight is 279 g/mol. The summed E-state index contributed by atoms with van der Waals surface area (Å²) in [5.74, 6) is 1.10. The van der Waals surface area contributed by atoms with E-state index in [0.29, 0.717) is 24.5 Å². The van der Waals surface area contributed by atoms with Crippen molar-refractivity contribution in [3.63, 3.8) is 0 Å². The Kier molecular flexibility index (Phi) is 4.61. The lowest BCUT2D eigenvalue weighted by Crippen LogP contribution is -2.44. The fraction of sp³-hybridized carbons (Fsp3) is 0.938. The Labute approximate surface area is 122 Å². The molecule has 1 N–H and O–H groups in total. The third-order valence-electron chi connectivity index (χ3n) is 5.55. The maximum Gasteiger partial charge on any atom is 0.236 e. The van der Waals surface area contributed by atoms with Gasteiger partial charge < -0.3 is 10.2 Å². The number of carbonyl (C=O) groups is 1. The van der Waals surface area contributed by atoms with Crippen LogP contribution in [0.5, 0.6) is 0 Å². The van der Waals surface area contributed by atoms with Crippen LogP contribution in [-0.2, 0) is 4.79 Å². The number of carbonyl (C=O) groups excluding carboxylic acids is 1. The second-order valence-electron chi connectivity index (χ2n) is 6.95. The fourth-order valence-corrected chi connectivity index (χ4v) is 4.24. The maximum atomic E-state index is 12.5. The van der Waals surface area contributed by atoms with Crippen LogP contribution < -0.4 is 5.32 Å². The summed E-state index contributed by atoms with van der Waals surface area (Å²) in [6, 6.07) is 1.13. The summed E-state index contributed by atoms with van der Waals surface area (Å²) in [6.07, 6.45) is 8.97. The molecule has 0 spiro atoms. The number of hydrogen-bond donors (Lipinski definition) is 1. The summed E-state index contributed by atoms with van der Waals surface area (Å²) in [4.78, 5) is 16.9. The highest BCUT2D eigenvalue weighted by Gasteiger charge is 2.35. The van der Waals surface area contributed by atoms with Crippen molar-refractivity contribution < 1.29 is 4.79 Å². The zero-order chi connectivity index (χ0) is 13.9. The van der Waals surface area contributed by atoms with Gasteiger partial charge in [0, 0.05) is 32.2 Å². The molecule has 1 saturated carbocycles. The van der Waals surface area contributed by atoms with Gasteiger partial charge in [0.05, 0.1) is 6.54 Å². The second-order valence-corrected chi connectivity index (χ2v) is 6.95. The number of amides is 1. The van der Waals surface area contributed by atoms with Crippen molar-refractivity contribution in [3.05, 3.63) is 0 Å². The molecule has 0 radical (unpaired) electrons. The first kappa shape index (κ1) is 14.3. The summed E-state index contributed by atoms with van der Waals surface area (Å²) in [5.41, 5.74) is 0. The Morgan fingerprint density at radius 1 is 1.15 bits per heavy atom. The Balaban J connectivity index is 1.48. The molecule has 0 aromatic carbocycles. The van der Waals surface area contributed by atoms with Gasteiger partial charge in [0.15, 0.2) is 0 Å². The largest absolute Gasteiger partial charge is 0.342 e. The predicted molar refractivity (Wildman–Crippen MR) is 80.6 cm³/mol. The van der Waals surface area contributed by atoms with Gasteiger partial charge in [-0.1, -0.05) is 19.3 Å². The van der Waals surface area contributed by atoms with E-state index < -0.39 is 0 Å². The van der Waals surface area contributed by atoms with Gasteiger partial charge in [-0.3, -0.25) is 9.69 Å². The third kappa shape index (κ3) is 3.17. The smallest absolute Gasteiger partial charge is 0.236 e. The lowest BCUT2D eigenvalue weighted by Gasteiger charge is -2.32. The van der Waals surface area contributed by atoms with Crippen LogP contribution in [0.15, 0.2) is 0 Å². The van der Waals surface area contributed by atoms with Crippen molar-refractivity contribution >= 4 is 5.91 Å². The van der Waals surface area contributed by atoms with Crippen molar-refractivity contribution in [2.24, 2.45) is 5.92 Å². The van der Waals surface area contributed by atoms with E-state index in [1.807, 2.05) is 11.9 Å². The average Bonchev–Trinajstić information content (AvgIpc) is 2.89. The van der Waals surface area contributed by atoms with Crippen LogP contribution in [-0.4, -0.2) is 61.0 Å². The van der Waals surface area contributed by atoms with E-state index >= 15 is 0 Å². The van der Waals surface area contributed by atoms with Crippen LogP contribution in [0.3, 0.4) is 0 Å². The molecule has 4 nitrogen and oxygen atoms in total. The lowest BCUT2D eigenvalue weighted by molar-refractivity contribution is -0.133. The van der Waals surface area contributed by atoms with Gasteiger partial charge in [-0.2, -0.15) is 0 Å². The summed E-state index contributed by atoms with van der Waals surface area (Å²) in [7, 11) is 2.01. The molecule has 114 valence electrons. The maximum absolute atomic E-state index is 12.5. The highest BCUT2D eigenvalue weighted by Crippen LogP contribution is 2.25. The van der Waals surface area contributed by atoms with Gasteiger partial charge in [-0.15, -0.1) is 0 Å². The molecule has 20 heavy (non-hydrogen) atoms. The number of likely N-dealkylation sites (N-methyl/N-ethyl adjacent to an activating group) is 1. The summed E-state index contributed by atoms with van der Waals surface area (Å²) < 4.78 is 0. The molecular weight excluding hydrogens is 250 g/mol. The first-order valence-electron chi connectivity index (χ1n) is 8.45. The normalized spacial score (nSPS) is 32.0. The summed E-state index contributed by atoms with van der Waals surface area (Å²) in [6.45, 7) is 3.96. The lowest BCUT2D eigenvalue weighted by atomic mass is 9.94. The molecule has 4 heteroatoms. The van der Waals surface area contributed by atoms with E-state index in [0.717, 1.165) is 25.6 Å². The number of piperidine rings is 1. The number of fused-ring (bicyclic) bond motifs is 1. The SMILES string of the molecule is CN(C(=O)CN1C[C@@H]2CCCN[C@@H]2C1)C1CCCCC1. The van der Waals surface area contributed by atoms with Crippen molar-refractivity contribution in [2.45, 2.75) is 57.0 Å². The highest BCUT2D eigenvalue weighted by atomic mass is 16.2. The standard InChI is InChI=1S/C16H29N3O/c1-18(14-7-3-2-4-8-14)16(20)12-19-10-13-6-5-9-17-15(13)11-19/h13-15,17H,2-12H2,1H3/t13-,15+/m0/s1. The topological polar surface area (TPSA) is 35.6 Å². The Bertz CT molecular complexity index is 327. The van der Waals surface area contributed by atoms with Gasteiger partial charge in [0.1, 0.15) is 0 Å². The Hall–Kier alpha value is -0.610. The van der Waals surface area contributed by atoms with Crippen molar-refractivity contribution in [2.75, 3.05) is 33.2 Å². The zero-order valence-corrected chi connectivity index (χ0v) is 12.8. The Morgan fingerprint density at radius 2 is 1.95 bits per heavy atom. The molecule has 0 unspecified atom stereocenters. The van der Waals surface area contributed by atoms with Gasteiger partial charge in [0.2, 0.25) is 5.91 Å². The van der Waals surface area contributed by atoms with Crippen LogP contribution in [0.25, 0.3) is 0 Å². The molecule has 1 aliphatic carbocycles. The number of nitrogens with zero attached hydrogens (tertiary/aromatic N) is 2. The molecule has 3 rings (SSSR count). The number of nitrogens with one attached hydrogen (secondary N) is 1. The van der Waals surface area contributed by atoms with Gasteiger partial charge in [-0.25, -0.2) is 0 Å². The minimum atomic E-state index is 0.329. The van der Waals surface area contributed by atoms with Crippen molar-refractivity contribution in [3.8, 4) is 0 Å². The van der Waals surface area contributed by atoms with Crippen molar-refractivity contribution in [1.29, 1.82) is 0 Å². The highest BCUT2D eigenvalue weighted by molar-refractivity contribution is 5.78. The van der Waals surface area contributed by atoms with Crippen LogP contribution in [0.2, 0.25) is 0 Å². The number of rotatable bonds is 3. The van der Waals surface area contributed by atoms with Crippen LogP contribution in [0.4, 0.5) is 0 Å². The van der Waals surface area contributed by atoms with E-state index in [1.54, 1.807) is 0 Å². The van der Waals surface area contributed by atoms with Gasteiger partial charge >= 0.3 is 0 Å². The van der Waals surface area contributed by atoms with Crippen LogP contribution in [0, 0.1) is 5.92 Å².